The molecule has 1 unspecified atom stereocenters. The number of sulfonamides is 1. The molecule has 0 saturated heterocycles. The zero-order valence-electron chi connectivity index (χ0n) is 17.7. The lowest BCUT2D eigenvalue weighted by Crippen LogP contribution is -2.33. The lowest BCUT2D eigenvalue weighted by Gasteiger charge is -2.35. The number of nitriles is 1. The van der Waals surface area contributed by atoms with Crippen molar-refractivity contribution < 1.29 is 21.6 Å². The number of nitrogens with one attached hydrogen (secondary N) is 1. The summed E-state index contributed by atoms with van der Waals surface area (Å²) in [4.78, 5) is 9.90. The first kappa shape index (κ1) is 23.5. The van der Waals surface area contributed by atoms with Gasteiger partial charge < -0.3 is 0 Å². The molecule has 182 valence electrons. The van der Waals surface area contributed by atoms with Crippen LogP contribution in [-0.2, 0) is 10.0 Å². The van der Waals surface area contributed by atoms with E-state index in [-0.39, 0.29) is 5.95 Å². The number of benzene rings is 2. The molecule has 1 aliphatic rings. The van der Waals surface area contributed by atoms with E-state index in [1.807, 2.05) is 6.07 Å². The third kappa shape index (κ3) is 3.88. The Morgan fingerprint density at radius 1 is 1.11 bits per heavy atom. The molecule has 2 aromatic heterocycles. The Kier molecular flexibility index (Phi) is 5.53. The fraction of sp³-hybridized carbons (Fsp3) is 0.0952. The van der Waals surface area contributed by atoms with Crippen LogP contribution in [0.5, 0.6) is 0 Å². The van der Waals surface area contributed by atoms with E-state index in [4.69, 9.17) is 16.9 Å². The summed E-state index contributed by atoms with van der Waals surface area (Å²) in [6.45, 7) is 0. The smallest absolute Gasteiger partial charge is 0.266 e. The van der Waals surface area contributed by atoms with Crippen LogP contribution >= 0.6 is 11.6 Å². The molecular weight excluding hydrogens is 521 g/mol. The summed E-state index contributed by atoms with van der Waals surface area (Å²) in [6, 6.07) is 13.8. The molecule has 4 aromatic rings. The third-order valence-corrected chi connectivity index (χ3v) is 6.61. The van der Waals surface area contributed by atoms with Crippen LogP contribution in [0.4, 0.5) is 36.6 Å². The maximum absolute atomic E-state index is 13.2. The van der Waals surface area contributed by atoms with Crippen LogP contribution < -0.4 is 9.62 Å². The molecule has 5 rings (SSSR count). The number of halogens is 4. The highest BCUT2D eigenvalue weighted by Gasteiger charge is 2.48. The number of aromatic nitrogens is 5. The van der Waals surface area contributed by atoms with Gasteiger partial charge >= 0.3 is 15.5 Å². The molecule has 15 heteroatoms. The Bertz CT molecular complexity index is 1620. The molecule has 0 spiro atoms. The first-order chi connectivity index (χ1) is 17.1. The van der Waals surface area contributed by atoms with Gasteiger partial charge in [-0.25, -0.2) is 14.7 Å². The number of fused-ring (bicyclic) bond motifs is 2. The molecule has 10 nitrogen and oxygen atoms in total. The van der Waals surface area contributed by atoms with E-state index in [0.29, 0.717) is 33.2 Å². The SMILES string of the molecule is N#Cc1ccc(C2c3cncnc3N(c3cccc(Cl)c3)c3nnc(NS(=O)(=O)C(F)(F)F)n32)cc1. The molecule has 3 heterocycles. The predicted molar refractivity (Wildman–Crippen MR) is 122 cm³/mol. The van der Waals surface area contributed by atoms with Gasteiger partial charge in [0.1, 0.15) is 12.1 Å². The van der Waals surface area contributed by atoms with Gasteiger partial charge in [-0.15, -0.1) is 10.2 Å². The fourth-order valence-electron chi connectivity index (χ4n) is 3.79. The Hall–Kier alpha value is -4.22. The van der Waals surface area contributed by atoms with E-state index in [0.717, 1.165) is 0 Å². The number of hydrogen-bond acceptors (Lipinski definition) is 8. The lowest BCUT2D eigenvalue weighted by atomic mass is 9.97. The summed E-state index contributed by atoms with van der Waals surface area (Å²) in [7, 11) is -5.82. The van der Waals surface area contributed by atoms with Gasteiger partial charge in [0, 0.05) is 16.8 Å². The van der Waals surface area contributed by atoms with Crippen LogP contribution in [0, 0.1) is 11.3 Å². The second-order valence-corrected chi connectivity index (χ2v) is 9.61. The van der Waals surface area contributed by atoms with Crippen molar-refractivity contribution in [3.05, 3.63) is 82.8 Å². The van der Waals surface area contributed by atoms with Gasteiger partial charge in [0.15, 0.2) is 0 Å². The number of rotatable bonds is 4. The van der Waals surface area contributed by atoms with Gasteiger partial charge in [0.25, 0.3) is 0 Å². The van der Waals surface area contributed by atoms with Crippen molar-refractivity contribution in [3.8, 4) is 6.07 Å². The molecule has 0 radical (unpaired) electrons. The summed E-state index contributed by atoms with van der Waals surface area (Å²) >= 11 is 6.17. The first-order valence-corrected chi connectivity index (χ1v) is 11.9. The second-order valence-electron chi connectivity index (χ2n) is 7.50. The number of anilines is 4. The van der Waals surface area contributed by atoms with Crippen LogP contribution in [0.2, 0.25) is 5.02 Å². The van der Waals surface area contributed by atoms with Gasteiger partial charge in [0.05, 0.1) is 23.4 Å². The second kappa shape index (κ2) is 8.47. The van der Waals surface area contributed by atoms with Gasteiger partial charge in [-0.1, -0.05) is 29.8 Å². The van der Waals surface area contributed by atoms with Crippen molar-refractivity contribution in [1.82, 2.24) is 24.7 Å². The average Bonchev–Trinajstić information content (AvgIpc) is 3.24. The van der Waals surface area contributed by atoms with Crippen LogP contribution in [0.25, 0.3) is 0 Å². The third-order valence-electron chi connectivity index (χ3n) is 5.31. The summed E-state index contributed by atoms with van der Waals surface area (Å²) in [6.07, 6.45) is 2.74. The summed E-state index contributed by atoms with van der Waals surface area (Å²) in [5.74, 6) is -0.386. The average molecular weight is 533 g/mol. The first-order valence-electron chi connectivity index (χ1n) is 10.0. The van der Waals surface area contributed by atoms with Crippen molar-refractivity contribution in [3.63, 3.8) is 0 Å². The van der Waals surface area contributed by atoms with Gasteiger partial charge in [-0.3, -0.25) is 9.47 Å². The Balaban J connectivity index is 1.78. The largest absolute Gasteiger partial charge is 0.516 e. The van der Waals surface area contributed by atoms with Crippen LogP contribution in [0.15, 0.2) is 61.1 Å². The van der Waals surface area contributed by atoms with E-state index in [2.05, 4.69) is 20.2 Å². The standard InChI is InChI=1S/C21H12ClF3N8O2S/c22-14-2-1-3-15(8-14)32-18-16(10-27-11-28-18)17(13-6-4-12(9-26)5-7-13)33-19(29-30-20(32)33)31-36(34,35)21(23,24)25/h1-8,10-11,17H,(H,29,31). The molecule has 0 amide bonds. The molecule has 0 aliphatic carbocycles. The maximum atomic E-state index is 13.2. The summed E-state index contributed by atoms with van der Waals surface area (Å²) in [5.41, 5.74) is -3.90. The van der Waals surface area contributed by atoms with Crippen molar-refractivity contribution in [1.29, 1.82) is 5.26 Å². The molecule has 36 heavy (non-hydrogen) atoms. The van der Waals surface area contributed by atoms with E-state index >= 15 is 0 Å². The van der Waals surface area contributed by atoms with Crippen LogP contribution in [0.1, 0.15) is 22.7 Å². The van der Waals surface area contributed by atoms with E-state index in [9.17, 15) is 21.6 Å². The molecule has 0 saturated carbocycles. The Morgan fingerprint density at radius 3 is 2.53 bits per heavy atom. The van der Waals surface area contributed by atoms with Crippen molar-refractivity contribution in [2.75, 3.05) is 9.62 Å². The van der Waals surface area contributed by atoms with E-state index in [1.165, 1.54) is 38.8 Å². The monoisotopic (exact) mass is 532 g/mol. The maximum Gasteiger partial charge on any atom is 0.516 e. The highest BCUT2D eigenvalue weighted by Crippen LogP contribution is 2.47. The van der Waals surface area contributed by atoms with Crippen molar-refractivity contribution >= 4 is 45.0 Å². The minimum Gasteiger partial charge on any atom is -0.266 e. The lowest BCUT2D eigenvalue weighted by molar-refractivity contribution is -0.0429. The Morgan fingerprint density at radius 2 is 1.86 bits per heavy atom. The molecule has 1 atom stereocenters. The fourth-order valence-corrected chi connectivity index (χ4v) is 4.47. The molecular formula is C21H12ClF3N8O2S. The Labute approximate surface area is 206 Å². The zero-order chi connectivity index (χ0) is 25.7. The normalized spacial score (nSPS) is 15.1. The predicted octanol–water partition coefficient (Wildman–Crippen LogP) is 4.28. The molecule has 1 N–H and O–H groups in total. The molecule has 0 fully saturated rings. The highest BCUT2D eigenvalue weighted by atomic mass is 35.5. The topological polar surface area (TPSA) is 130 Å². The van der Waals surface area contributed by atoms with E-state index < -0.39 is 27.5 Å². The van der Waals surface area contributed by atoms with Gasteiger partial charge in [-0.2, -0.15) is 26.9 Å². The molecule has 0 bridgehead atoms. The minimum atomic E-state index is -5.82. The van der Waals surface area contributed by atoms with Gasteiger partial charge in [0.2, 0.25) is 11.9 Å². The number of alkyl halides is 3. The molecule has 1 aliphatic heterocycles. The van der Waals surface area contributed by atoms with Gasteiger partial charge in [-0.05, 0) is 35.9 Å². The van der Waals surface area contributed by atoms with Crippen molar-refractivity contribution in [2.24, 2.45) is 0 Å². The minimum absolute atomic E-state index is 0.0299. The number of hydrogen-bond donors (Lipinski definition) is 1. The zero-order valence-corrected chi connectivity index (χ0v) is 19.3. The summed E-state index contributed by atoms with van der Waals surface area (Å²) in [5, 5.41) is 17.3. The highest BCUT2D eigenvalue weighted by molar-refractivity contribution is 7.93. The van der Waals surface area contributed by atoms with E-state index in [1.54, 1.807) is 36.4 Å². The van der Waals surface area contributed by atoms with Crippen molar-refractivity contribution in [2.45, 2.75) is 11.6 Å². The molecule has 2 aromatic carbocycles. The summed E-state index contributed by atoms with van der Waals surface area (Å²) < 4.78 is 66.2. The quantitative estimate of drug-likeness (QED) is 0.363. The van der Waals surface area contributed by atoms with Crippen LogP contribution in [-0.4, -0.2) is 38.7 Å². The number of nitrogens with zero attached hydrogens (tertiary/aromatic N) is 7. The van der Waals surface area contributed by atoms with Crippen LogP contribution in [0.3, 0.4) is 0 Å².